The minimum Gasteiger partial charge on any atom is -0.477 e. The molecule has 30 heavy (non-hydrogen) atoms. The number of nitrogens with one attached hydrogen (secondary N) is 1. The predicted octanol–water partition coefficient (Wildman–Crippen LogP) is 3.43. The van der Waals surface area contributed by atoms with Crippen LogP contribution in [0.2, 0.25) is 0 Å². The van der Waals surface area contributed by atoms with Gasteiger partial charge in [-0.05, 0) is 49.6 Å². The molecule has 0 bridgehead atoms. The van der Waals surface area contributed by atoms with E-state index in [1.54, 1.807) is 12.1 Å². The summed E-state index contributed by atoms with van der Waals surface area (Å²) in [6.45, 7) is 2.39. The minimum absolute atomic E-state index is 0.0124. The van der Waals surface area contributed by atoms with Crippen LogP contribution in [0, 0.1) is 5.82 Å². The smallest absolute Gasteiger partial charge is 0.265 e. The molecule has 0 aliphatic carbocycles. The van der Waals surface area contributed by atoms with Crippen molar-refractivity contribution in [3.63, 3.8) is 0 Å². The van der Waals surface area contributed by atoms with Gasteiger partial charge in [0.15, 0.2) is 6.10 Å². The van der Waals surface area contributed by atoms with Crippen LogP contribution in [0.25, 0.3) is 0 Å². The molecule has 2 aliphatic heterocycles. The number of benzene rings is 2. The van der Waals surface area contributed by atoms with Crippen LogP contribution in [0.1, 0.15) is 25.7 Å². The number of likely N-dealkylation sites (tertiary alicyclic amines) is 1. The van der Waals surface area contributed by atoms with Crippen molar-refractivity contribution in [1.82, 2.24) is 4.90 Å². The minimum atomic E-state index is -0.579. The molecule has 2 aromatic carbocycles. The molecule has 158 valence electrons. The molecule has 1 unspecified atom stereocenters. The van der Waals surface area contributed by atoms with E-state index in [9.17, 15) is 14.0 Å². The average molecular weight is 411 g/mol. The summed E-state index contributed by atoms with van der Waals surface area (Å²) in [5, 5.41) is 2.72. The van der Waals surface area contributed by atoms with Gasteiger partial charge in [-0.25, -0.2) is 4.39 Å². The Labute approximate surface area is 175 Å². The average Bonchev–Trinajstić information content (AvgIpc) is 2.77. The van der Waals surface area contributed by atoms with Crippen LogP contribution >= 0.6 is 0 Å². The Kier molecular flexibility index (Phi) is 6.16. The molecule has 7 heteroatoms. The van der Waals surface area contributed by atoms with Gasteiger partial charge in [0, 0.05) is 31.7 Å². The maximum absolute atomic E-state index is 13.3. The summed E-state index contributed by atoms with van der Waals surface area (Å²) >= 11 is 0. The molecule has 2 amide bonds. The van der Waals surface area contributed by atoms with E-state index in [4.69, 9.17) is 4.74 Å². The predicted molar refractivity (Wildman–Crippen MR) is 113 cm³/mol. The highest BCUT2D eigenvalue weighted by Gasteiger charge is 2.33. The molecule has 0 radical (unpaired) electrons. The lowest BCUT2D eigenvalue weighted by Crippen LogP contribution is -2.51. The number of halogens is 1. The summed E-state index contributed by atoms with van der Waals surface area (Å²) in [6, 6.07) is 13.4. The first-order valence-electron chi connectivity index (χ1n) is 10.4. The second-order valence-corrected chi connectivity index (χ2v) is 7.71. The van der Waals surface area contributed by atoms with Crippen LogP contribution in [-0.2, 0) is 9.59 Å². The summed E-state index contributed by atoms with van der Waals surface area (Å²) in [6.07, 6.45) is 2.85. The molecule has 1 N–H and O–H groups in total. The Hall–Kier alpha value is -3.09. The lowest BCUT2D eigenvalue weighted by Gasteiger charge is -2.38. The second-order valence-electron chi connectivity index (χ2n) is 7.71. The third-order valence-corrected chi connectivity index (χ3v) is 5.52. The van der Waals surface area contributed by atoms with Crippen LogP contribution in [0.4, 0.5) is 15.8 Å². The van der Waals surface area contributed by atoms with Crippen molar-refractivity contribution < 1.29 is 18.7 Å². The fourth-order valence-electron chi connectivity index (χ4n) is 3.99. The monoisotopic (exact) mass is 411 g/mol. The Bertz CT molecular complexity index is 914. The molecule has 4 rings (SSSR count). The van der Waals surface area contributed by atoms with Gasteiger partial charge in [0.1, 0.15) is 11.6 Å². The normalized spacial score (nSPS) is 18.4. The van der Waals surface area contributed by atoms with Crippen LogP contribution in [0.3, 0.4) is 0 Å². The van der Waals surface area contributed by atoms with Crippen molar-refractivity contribution in [1.29, 1.82) is 0 Å². The first-order valence-corrected chi connectivity index (χ1v) is 10.4. The van der Waals surface area contributed by atoms with Crippen molar-refractivity contribution in [2.45, 2.75) is 31.8 Å². The van der Waals surface area contributed by atoms with E-state index in [0.717, 1.165) is 38.0 Å². The third-order valence-electron chi connectivity index (χ3n) is 5.52. The number of carbonyl (C=O) groups excluding carboxylic acids is 2. The molecule has 6 nitrogen and oxygen atoms in total. The fraction of sp³-hybridized carbons (Fsp3) is 0.391. The topological polar surface area (TPSA) is 61.9 Å². The highest BCUT2D eigenvalue weighted by molar-refractivity contribution is 5.91. The van der Waals surface area contributed by atoms with Gasteiger partial charge in [0.2, 0.25) is 5.91 Å². The quantitative estimate of drug-likeness (QED) is 0.819. The number of nitrogens with zero attached hydrogens (tertiary/aromatic N) is 2. The van der Waals surface area contributed by atoms with E-state index in [2.05, 4.69) is 5.32 Å². The van der Waals surface area contributed by atoms with Gasteiger partial charge in [-0.2, -0.15) is 0 Å². The highest BCUT2D eigenvalue weighted by atomic mass is 19.1. The summed E-state index contributed by atoms with van der Waals surface area (Å²) in [7, 11) is 0. The van der Waals surface area contributed by atoms with Crippen LogP contribution in [-0.4, -0.2) is 49.0 Å². The highest BCUT2D eigenvalue weighted by Crippen LogP contribution is 2.33. The van der Waals surface area contributed by atoms with Gasteiger partial charge in [-0.15, -0.1) is 0 Å². The second kappa shape index (κ2) is 9.15. The molecule has 0 spiro atoms. The molecule has 1 saturated heterocycles. The lowest BCUT2D eigenvalue weighted by atomic mass is 10.1. The number of fused-ring (bicyclic) bond motifs is 1. The van der Waals surface area contributed by atoms with Crippen LogP contribution < -0.4 is 15.0 Å². The number of hydrogen-bond acceptors (Lipinski definition) is 4. The maximum atomic E-state index is 13.3. The number of amides is 2. The van der Waals surface area contributed by atoms with Gasteiger partial charge in [0.05, 0.1) is 12.2 Å². The van der Waals surface area contributed by atoms with Gasteiger partial charge in [-0.3, -0.25) is 9.59 Å². The summed E-state index contributed by atoms with van der Waals surface area (Å²) in [4.78, 5) is 29.3. The molecule has 2 heterocycles. The number of rotatable bonds is 5. The molecule has 1 atom stereocenters. The van der Waals surface area contributed by atoms with E-state index >= 15 is 0 Å². The lowest BCUT2D eigenvalue weighted by molar-refractivity contribution is -0.139. The molecular formula is C23H26FN3O3. The Morgan fingerprint density at radius 1 is 1.07 bits per heavy atom. The maximum Gasteiger partial charge on any atom is 0.265 e. The number of ether oxygens (including phenoxy) is 1. The van der Waals surface area contributed by atoms with E-state index in [-0.39, 0.29) is 18.2 Å². The first kappa shape index (κ1) is 20.2. The van der Waals surface area contributed by atoms with Crippen molar-refractivity contribution in [3.05, 3.63) is 54.3 Å². The van der Waals surface area contributed by atoms with Crippen LogP contribution in [0.5, 0.6) is 5.75 Å². The van der Waals surface area contributed by atoms with E-state index in [1.165, 1.54) is 12.1 Å². The number of piperidine rings is 1. The van der Waals surface area contributed by atoms with Crippen LogP contribution in [0.15, 0.2) is 48.5 Å². The standard InChI is InChI=1S/C23H26FN3O3/c24-17-7-6-8-18(15-17)25-22(28)11-14-27-16-21(23(29)26-12-4-1-5-13-26)30-20-10-3-2-9-19(20)27/h2-3,6-10,15,21H,1,4-5,11-14,16H2,(H,25,28). The third kappa shape index (κ3) is 4.72. The Balaban J connectivity index is 1.42. The van der Waals surface area contributed by atoms with E-state index < -0.39 is 11.9 Å². The number of hydrogen-bond donors (Lipinski definition) is 1. The fourth-order valence-corrected chi connectivity index (χ4v) is 3.99. The SMILES string of the molecule is O=C(CCN1CC(C(=O)N2CCCCC2)Oc2ccccc21)Nc1cccc(F)c1. The molecule has 0 saturated carbocycles. The van der Waals surface area contributed by atoms with E-state index in [0.29, 0.717) is 24.5 Å². The van der Waals surface area contributed by atoms with Gasteiger partial charge in [-0.1, -0.05) is 18.2 Å². The van der Waals surface area contributed by atoms with E-state index in [1.807, 2.05) is 34.1 Å². The van der Waals surface area contributed by atoms with Gasteiger partial charge >= 0.3 is 0 Å². The molecule has 0 aromatic heterocycles. The largest absolute Gasteiger partial charge is 0.477 e. The Morgan fingerprint density at radius 3 is 2.67 bits per heavy atom. The zero-order chi connectivity index (χ0) is 20.9. The summed E-state index contributed by atoms with van der Waals surface area (Å²) in [5.41, 5.74) is 1.30. The zero-order valence-electron chi connectivity index (χ0n) is 16.9. The number of anilines is 2. The first-order chi connectivity index (χ1) is 14.6. The Morgan fingerprint density at radius 2 is 1.87 bits per heavy atom. The van der Waals surface area contributed by atoms with Crippen molar-refractivity contribution >= 4 is 23.2 Å². The van der Waals surface area contributed by atoms with Crippen molar-refractivity contribution in [2.75, 3.05) is 36.4 Å². The molecule has 1 fully saturated rings. The molecule has 2 aliphatic rings. The zero-order valence-corrected chi connectivity index (χ0v) is 16.9. The number of carbonyl (C=O) groups is 2. The summed E-state index contributed by atoms with van der Waals surface area (Å²) in [5.74, 6) is 0.0699. The molecular weight excluding hydrogens is 385 g/mol. The van der Waals surface area contributed by atoms with Gasteiger partial charge in [0.25, 0.3) is 5.91 Å². The van der Waals surface area contributed by atoms with Crippen molar-refractivity contribution in [3.8, 4) is 5.75 Å². The molecule has 2 aromatic rings. The number of para-hydroxylation sites is 2. The van der Waals surface area contributed by atoms with Crippen molar-refractivity contribution in [2.24, 2.45) is 0 Å². The summed E-state index contributed by atoms with van der Waals surface area (Å²) < 4.78 is 19.3. The van der Waals surface area contributed by atoms with Gasteiger partial charge < -0.3 is 19.9 Å².